The summed E-state index contributed by atoms with van der Waals surface area (Å²) in [6, 6.07) is 0.415. The third kappa shape index (κ3) is 2.99. The number of hydrogen-bond acceptors (Lipinski definition) is 3. The van der Waals surface area contributed by atoms with Gasteiger partial charge in [-0.25, -0.2) is 4.98 Å². The monoisotopic (exact) mass is 298 g/mol. The number of likely N-dealkylation sites (tertiary alicyclic amines) is 1. The van der Waals surface area contributed by atoms with E-state index in [2.05, 4.69) is 21.8 Å². The van der Waals surface area contributed by atoms with E-state index in [1.807, 2.05) is 23.6 Å². The lowest BCUT2D eigenvalue weighted by molar-refractivity contribution is -0.135. The Kier molecular flexibility index (Phi) is 5.05. The highest BCUT2D eigenvalue weighted by atomic mass is 35.5. The van der Waals surface area contributed by atoms with Crippen molar-refractivity contribution in [1.29, 1.82) is 0 Å². The van der Waals surface area contributed by atoms with E-state index in [9.17, 15) is 4.79 Å². The van der Waals surface area contributed by atoms with Gasteiger partial charge in [-0.3, -0.25) is 4.79 Å². The quantitative estimate of drug-likeness (QED) is 0.899. The van der Waals surface area contributed by atoms with Crippen LogP contribution < -0.4 is 5.32 Å². The van der Waals surface area contributed by atoms with E-state index in [0.29, 0.717) is 12.0 Å². The molecule has 1 amide bonds. The number of halogens is 1. The van der Waals surface area contributed by atoms with Crippen molar-refractivity contribution in [3.8, 4) is 0 Å². The average Bonchev–Trinajstić information content (AvgIpc) is 3.12. The van der Waals surface area contributed by atoms with E-state index >= 15 is 0 Å². The molecule has 2 fully saturated rings. The highest BCUT2D eigenvalue weighted by Gasteiger charge is 2.33. The third-order valence-electron chi connectivity index (χ3n) is 4.50. The first kappa shape index (κ1) is 15.3. The topological polar surface area (TPSA) is 50.2 Å². The summed E-state index contributed by atoms with van der Waals surface area (Å²) in [4.78, 5) is 18.6. The van der Waals surface area contributed by atoms with Gasteiger partial charge in [0.25, 0.3) is 0 Å². The minimum absolute atomic E-state index is 0. The molecule has 3 heterocycles. The van der Waals surface area contributed by atoms with Crippen LogP contribution in [0.4, 0.5) is 0 Å². The Morgan fingerprint density at radius 1 is 1.40 bits per heavy atom. The van der Waals surface area contributed by atoms with Gasteiger partial charge in [0.1, 0.15) is 0 Å². The molecule has 5 nitrogen and oxygen atoms in total. The zero-order valence-electron chi connectivity index (χ0n) is 11.9. The van der Waals surface area contributed by atoms with Crippen molar-refractivity contribution in [2.45, 2.75) is 38.3 Å². The normalized spacial score (nSPS) is 30.1. The van der Waals surface area contributed by atoms with Crippen molar-refractivity contribution < 1.29 is 4.79 Å². The third-order valence-corrected chi connectivity index (χ3v) is 4.50. The molecule has 2 saturated heterocycles. The summed E-state index contributed by atoms with van der Waals surface area (Å²) in [5.41, 5.74) is 0. The number of nitrogens with one attached hydrogen (secondary N) is 1. The Balaban J connectivity index is 0.00000147. The highest BCUT2D eigenvalue weighted by molar-refractivity contribution is 5.85. The number of carbonyl (C=O) groups excluding carboxylic acids is 1. The van der Waals surface area contributed by atoms with Crippen LogP contribution in [0.5, 0.6) is 0 Å². The fourth-order valence-electron chi connectivity index (χ4n) is 3.22. The van der Waals surface area contributed by atoms with Gasteiger partial charge in [-0.1, -0.05) is 6.92 Å². The van der Waals surface area contributed by atoms with E-state index in [-0.39, 0.29) is 24.4 Å². The Bertz CT molecular complexity index is 430. The molecule has 1 N–H and O–H groups in total. The molecule has 1 aromatic rings. The molecule has 0 saturated carbocycles. The van der Waals surface area contributed by atoms with Crippen LogP contribution in [0.3, 0.4) is 0 Å². The van der Waals surface area contributed by atoms with Crippen LogP contribution in [0.15, 0.2) is 18.7 Å². The maximum absolute atomic E-state index is 12.5. The smallest absolute Gasteiger partial charge is 0.239 e. The van der Waals surface area contributed by atoms with Gasteiger partial charge in [-0.15, -0.1) is 12.4 Å². The van der Waals surface area contributed by atoms with E-state index < -0.39 is 0 Å². The predicted molar refractivity (Wildman–Crippen MR) is 79.9 cm³/mol. The van der Waals surface area contributed by atoms with Crippen LogP contribution in [0.25, 0.3) is 0 Å². The molecule has 0 radical (unpaired) electrons. The number of amides is 1. The standard InChI is InChI=1S/C14H22N4O.ClH/c1-11-4-7-17(14(19)12-3-2-5-16-12)9-13(11)18-8-6-15-10-18;/h6,8,10-13,16H,2-5,7,9H2,1H3;1H. The predicted octanol–water partition coefficient (Wildman–Crippen LogP) is 1.47. The van der Waals surface area contributed by atoms with Gasteiger partial charge >= 0.3 is 0 Å². The molecule has 0 aliphatic carbocycles. The van der Waals surface area contributed by atoms with Crippen molar-refractivity contribution in [3.05, 3.63) is 18.7 Å². The molecular weight excluding hydrogens is 276 g/mol. The number of nitrogens with zero attached hydrogens (tertiary/aromatic N) is 3. The van der Waals surface area contributed by atoms with Crippen molar-refractivity contribution in [1.82, 2.24) is 19.8 Å². The van der Waals surface area contributed by atoms with Gasteiger partial charge in [0.2, 0.25) is 5.91 Å². The molecule has 1 aromatic heterocycles. The summed E-state index contributed by atoms with van der Waals surface area (Å²) >= 11 is 0. The zero-order valence-corrected chi connectivity index (χ0v) is 12.7. The molecule has 2 aliphatic heterocycles. The number of rotatable bonds is 2. The summed E-state index contributed by atoms with van der Waals surface area (Å²) in [6.07, 6.45) is 8.85. The molecule has 0 spiro atoms. The maximum Gasteiger partial charge on any atom is 0.239 e. The highest BCUT2D eigenvalue weighted by Crippen LogP contribution is 2.28. The summed E-state index contributed by atoms with van der Waals surface area (Å²) in [5, 5.41) is 3.30. The largest absolute Gasteiger partial charge is 0.339 e. The summed E-state index contributed by atoms with van der Waals surface area (Å²) in [5.74, 6) is 0.879. The second-order valence-electron chi connectivity index (χ2n) is 5.78. The van der Waals surface area contributed by atoms with Crippen molar-refractivity contribution in [2.75, 3.05) is 19.6 Å². The first-order valence-corrected chi connectivity index (χ1v) is 7.25. The Labute approximate surface area is 126 Å². The molecule has 20 heavy (non-hydrogen) atoms. The second kappa shape index (κ2) is 6.59. The van der Waals surface area contributed by atoms with Crippen LogP contribution in [0.1, 0.15) is 32.2 Å². The number of imidazole rings is 1. The Hall–Kier alpha value is -1.07. The van der Waals surface area contributed by atoms with Gasteiger partial charge in [-0.05, 0) is 31.7 Å². The van der Waals surface area contributed by atoms with E-state index in [4.69, 9.17) is 0 Å². The van der Waals surface area contributed by atoms with Crippen LogP contribution in [-0.2, 0) is 4.79 Å². The summed E-state index contributed by atoms with van der Waals surface area (Å²) < 4.78 is 2.15. The van der Waals surface area contributed by atoms with Gasteiger partial charge in [0, 0.05) is 25.5 Å². The molecule has 3 atom stereocenters. The minimum atomic E-state index is 0. The first-order valence-electron chi connectivity index (χ1n) is 7.25. The van der Waals surface area contributed by atoms with E-state index in [1.54, 1.807) is 0 Å². The number of piperidine rings is 1. The number of carbonyl (C=O) groups is 1. The Morgan fingerprint density at radius 3 is 2.90 bits per heavy atom. The molecule has 3 rings (SSSR count). The maximum atomic E-state index is 12.5. The van der Waals surface area contributed by atoms with Gasteiger partial charge in [-0.2, -0.15) is 0 Å². The van der Waals surface area contributed by atoms with Crippen molar-refractivity contribution >= 4 is 18.3 Å². The van der Waals surface area contributed by atoms with Gasteiger partial charge < -0.3 is 14.8 Å². The lowest BCUT2D eigenvalue weighted by Gasteiger charge is -2.38. The minimum Gasteiger partial charge on any atom is -0.339 e. The number of aromatic nitrogens is 2. The fourth-order valence-corrected chi connectivity index (χ4v) is 3.22. The van der Waals surface area contributed by atoms with Gasteiger partial charge in [0.05, 0.1) is 18.4 Å². The van der Waals surface area contributed by atoms with E-state index in [1.165, 1.54) is 0 Å². The lowest BCUT2D eigenvalue weighted by Crippen LogP contribution is -2.49. The lowest BCUT2D eigenvalue weighted by atomic mass is 9.93. The average molecular weight is 299 g/mol. The van der Waals surface area contributed by atoms with Crippen LogP contribution in [-0.4, -0.2) is 46.0 Å². The molecule has 2 aliphatic rings. The molecule has 6 heteroatoms. The van der Waals surface area contributed by atoms with Crippen LogP contribution in [0.2, 0.25) is 0 Å². The Morgan fingerprint density at radius 2 is 2.25 bits per heavy atom. The summed E-state index contributed by atoms with van der Waals surface area (Å²) in [6.45, 7) is 4.95. The van der Waals surface area contributed by atoms with Crippen molar-refractivity contribution in [2.24, 2.45) is 5.92 Å². The van der Waals surface area contributed by atoms with Gasteiger partial charge in [0.15, 0.2) is 0 Å². The SMILES string of the molecule is CC1CCN(C(=O)C2CCCN2)CC1n1ccnc1.Cl. The zero-order chi connectivity index (χ0) is 13.2. The molecular formula is C14H23ClN4O. The molecule has 112 valence electrons. The second-order valence-corrected chi connectivity index (χ2v) is 5.78. The number of hydrogen-bond donors (Lipinski definition) is 1. The first-order chi connectivity index (χ1) is 9.25. The molecule has 3 unspecified atom stereocenters. The van der Waals surface area contributed by atoms with Crippen LogP contribution in [0, 0.1) is 5.92 Å². The van der Waals surface area contributed by atoms with E-state index in [0.717, 1.165) is 38.9 Å². The molecule has 0 bridgehead atoms. The summed E-state index contributed by atoms with van der Waals surface area (Å²) in [7, 11) is 0. The van der Waals surface area contributed by atoms with Crippen molar-refractivity contribution in [3.63, 3.8) is 0 Å². The van der Waals surface area contributed by atoms with Crippen LogP contribution >= 0.6 is 12.4 Å². The fraction of sp³-hybridized carbons (Fsp3) is 0.714. The molecule has 0 aromatic carbocycles.